The first-order valence-electron chi connectivity index (χ1n) is 2.57. The van der Waals surface area contributed by atoms with Gasteiger partial charge in [-0.05, 0) is 26.6 Å². The van der Waals surface area contributed by atoms with Crippen LogP contribution in [0.1, 0.15) is 13.8 Å². The van der Waals surface area contributed by atoms with E-state index in [0.29, 0.717) is 0 Å². The SMILES string of the molecule is C=N/C(C)=C/C=C/C. The van der Waals surface area contributed by atoms with Crippen LogP contribution >= 0.6 is 0 Å². The van der Waals surface area contributed by atoms with Gasteiger partial charge in [-0.25, -0.2) is 0 Å². The van der Waals surface area contributed by atoms with E-state index in [1.165, 1.54) is 0 Å². The Kier molecular flexibility index (Phi) is 3.85. The summed E-state index contributed by atoms with van der Waals surface area (Å²) < 4.78 is 0. The fourth-order valence-electron chi connectivity index (χ4n) is 0.288. The molecule has 0 saturated heterocycles. The van der Waals surface area contributed by atoms with Crippen molar-refractivity contribution in [3.63, 3.8) is 0 Å². The normalized spacial score (nSPS) is 12.5. The first-order chi connectivity index (χ1) is 3.81. The van der Waals surface area contributed by atoms with E-state index in [-0.39, 0.29) is 0 Å². The van der Waals surface area contributed by atoms with Crippen molar-refractivity contribution in [3.8, 4) is 0 Å². The molecule has 0 saturated carbocycles. The molecule has 0 rings (SSSR count). The summed E-state index contributed by atoms with van der Waals surface area (Å²) in [4.78, 5) is 3.69. The summed E-state index contributed by atoms with van der Waals surface area (Å²) in [5.74, 6) is 0. The Labute approximate surface area is 50.4 Å². The van der Waals surface area contributed by atoms with E-state index in [1.807, 2.05) is 32.1 Å². The lowest BCUT2D eigenvalue weighted by molar-refractivity contribution is 1.33. The average molecular weight is 109 g/mol. The molecule has 0 spiro atoms. The van der Waals surface area contributed by atoms with E-state index < -0.39 is 0 Å². The summed E-state index contributed by atoms with van der Waals surface area (Å²) in [7, 11) is 0. The molecule has 0 heterocycles. The van der Waals surface area contributed by atoms with Crippen LogP contribution in [0.3, 0.4) is 0 Å². The summed E-state index contributed by atoms with van der Waals surface area (Å²) in [6, 6.07) is 0. The number of allylic oxidation sites excluding steroid dienone is 4. The van der Waals surface area contributed by atoms with Crippen molar-refractivity contribution < 1.29 is 0 Å². The van der Waals surface area contributed by atoms with Crippen LogP contribution in [0.5, 0.6) is 0 Å². The highest BCUT2D eigenvalue weighted by atomic mass is 14.7. The molecule has 0 aromatic heterocycles. The number of rotatable bonds is 2. The number of hydrogen-bond donors (Lipinski definition) is 0. The summed E-state index contributed by atoms with van der Waals surface area (Å²) in [6.07, 6.45) is 5.80. The Morgan fingerprint density at radius 2 is 2.25 bits per heavy atom. The highest BCUT2D eigenvalue weighted by Crippen LogP contribution is 1.90. The van der Waals surface area contributed by atoms with Gasteiger partial charge in [-0.1, -0.05) is 12.2 Å². The van der Waals surface area contributed by atoms with Gasteiger partial charge in [0.2, 0.25) is 0 Å². The molecule has 0 bridgehead atoms. The van der Waals surface area contributed by atoms with E-state index in [0.717, 1.165) is 5.70 Å². The van der Waals surface area contributed by atoms with Crippen molar-refractivity contribution in [2.75, 3.05) is 0 Å². The van der Waals surface area contributed by atoms with Crippen LogP contribution in [0.25, 0.3) is 0 Å². The summed E-state index contributed by atoms with van der Waals surface area (Å²) in [5.41, 5.74) is 0.947. The van der Waals surface area contributed by atoms with Crippen molar-refractivity contribution in [2.24, 2.45) is 4.99 Å². The van der Waals surface area contributed by atoms with Crippen molar-refractivity contribution in [2.45, 2.75) is 13.8 Å². The van der Waals surface area contributed by atoms with E-state index in [9.17, 15) is 0 Å². The Bertz CT molecular complexity index is 120. The maximum absolute atomic E-state index is 3.69. The molecule has 0 N–H and O–H groups in total. The maximum Gasteiger partial charge on any atom is 0.0365 e. The van der Waals surface area contributed by atoms with Crippen LogP contribution in [-0.2, 0) is 0 Å². The van der Waals surface area contributed by atoms with Crippen LogP contribution in [0.2, 0.25) is 0 Å². The predicted molar refractivity (Wildman–Crippen MR) is 38.1 cm³/mol. The van der Waals surface area contributed by atoms with Crippen molar-refractivity contribution in [3.05, 3.63) is 23.9 Å². The molecule has 1 heteroatoms. The molecule has 0 aromatic rings. The van der Waals surface area contributed by atoms with Crippen molar-refractivity contribution in [1.29, 1.82) is 0 Å². The van der Waals surface area contributed by atoms with Crippen LogP contribution < -0.4 is 0 Å². The molecular weight excluding hydrogens is 98.1 g/mol. The molecule has 0 amide bonds. The molecule has 0 aromatic carbocycles. The lowest BCUT2D eigenvalue weighted by Crippen LogP contribution is -1.61. The monoisotopic (exact) mass is 109 g/mol. The van der Waals surface area contributed by atoms with E-state index >= 15 is 0 Å². The minimum atomic E-state index is 0.947. The van der Waals surface area contributed by atoms with Gasteiger partial charge in [0.1, 0.15) is 0 Å². The number of nitrogens with zero attached hydrogens (tertiary/aromatic N) is 1. The molecule has 0 fully saturated rings. The Morgan fingerprint density at radius 3 is 2.62 bits per heavy atom. The third-order valence-electron chi connectivity index (χ3n) is 0.779. The fraction of sp³-hybridized carbons (Fsp3) is 0.286. The van der Waals surface area contributed by atoms with Gasteiger partial charge in [-0.2, -0.15) is 0 Å². The minimum Gasteiger partial charge on any atom is -0.269 e. The van der Waals surface area contributed by atoms with Gasteiger partial charge in [-0.15, -0.1) is 0 Å². The zero-order valence-corrected chi connectivity index (χ0v) is 5.39. The quantitative estimate of drug-likeness (QED) is 0.380. The minimum absolute atomic E-state index is 0.947. The maximum atomic E-state index is 3.69. The van der Waals surface area contributed by atoms with Gasteiger partial charge < -0.3 is 0 Å². The standard InChI is InChI=1S/C7H11N/c1-4-5-6-7(2)8-3/h4-6H,3H2,1-2H3/b5-4+,7-6+. The van der Waals surface area contributed by atoms with E-state index in [1.54, 1.807) is 0 Å². The Morgan fingerprint density at radius 1 is 1.62 bits per heavy atom. The highest BCUT2D eigenvalue weighted by Gasteiger charge is 1.71. The second-order valence-corrected chi connectivity index (χ2v) is 1.49. The molecule has 8 heavy (non-hydrogen) atoms. The summed E-state index contributed by atoms with van der Waals surface area (Å²) in [6.45, 7) is 7.24. The summed E-state index contributed by atoms with van der Waals surface area (Å²) >= 11 is 0. The Hall–Kier alpha value is -0.850. The van der Waals surface area contributed by atoms with Crippen LogP contribution in [-0.4, -0.2) is 6.72 Å². The van der Waals surface area contributed by atoms with Gasteiger partial charge in [0.15, 0.2) is 0 Å². The summed E-state index contributed by atoms with van der Waals surface area (Å²) in [5, 5.41) is 0. The van der Waals surface area contributed by atoms with Gasteiger partial charge >= 0.3 is 0 Å². The third kappa shape index (κ3) is 3.34. The second kappa shape index (κ2) is 4.31. The van der Waals surface area contributed by atoms with Crippen LogP contribution in [0, 0.1) is 0 Å². The molecule has 0 aliphatic carbocycles. The zero-order chi connectivity index (χ0) is 6.41. The van der Waals surface area contributed by atoms with Crippen molar-refractivity contribution >= 4 is 6.72 Å². The third-order valence-corrected chi connectivity index (χ3v) is 0.779. The molecule has 0 radical (unpaired) electrons. The van der Waals surface area contributed by atoms with Crippen LogP contribution in [0.4, 0.5) is 0 Å². The fourth-order valence-corrected chi connectivity index (χ4v) is 0.288. The molecule has 0 aliphatic heterocycles. The molecule has 44 valence electrons. The highest BCUT2D eigenvalue weighted by molar-refractivity contribution is 5.29. The van der Waals surface area contributed by atoms with Gasteiger partial charge in [0.25, 0.3) is 0 Å². The first kappa shape index (κ1) is 7.15. The molecule has 0 unspecified atom stereocenters. The molecule has 0 atom stereocenters. The van der Waals surface area contributed by atoms with E-state index in [4.69, 9.17) is 0 Å². The first-order valence-corrected chi connectivity index (χ1v) is 2.57. The molecular formula is C7H11N. The number of hydrogen-bond acceptors (Lipinski definition) is 1. The van der Waals surface area contributed by atoms with Crippen molar-refractivity contribution in [1.82, 2.24) is 0 Å². The van der Waals surface area contributed by atoms with Crippen LogP contribution in [0.15, 0.2) is 28.9 Å². The Balaban J connectivity index is 3.74. The topological polar surface area (TPSA) is 12.4 Å². The second-order valence-electron chi connectivity index (χ2n) is 1.49. The lowest BCUT2D eigenvalue weighted by atomic mass is 10.4. The van der Waals surface area contributed by atoms with Gasteiger partial charge in [0.05, 0.1) is 0 Å². The largest absolute Gasteiger partial charge is 0.269 e. The van der Waals surface area contributed by atoms with Gasteiger partial charge in [-0.3, -0.25) is 4.99 Å². The van der Waals surface area contributed by atoms with Gasteiger partial charge in [0, 0.05) is 5.70 Å². The predicted octanol–water partition coefficient (Wildman–Crippen LogP) is 2.17. The zero-order valence-electron chi connectivity index (χ0n) is 5.39. The smallest absolute Gasteiger partial charge is 0.0365 e. The molecule has 0 aliphatic rings. The number of aliphatic imine (C=N–C) groups is 1. The molecule has 1 nitrogen and oxygen atoms in total. The lowest BCUT2D eigenvalue weighted by Gasteiger charge is -1.81. The van der Waals surface area contributed by atoms with E-state index in [2.05, 4.69) is 11.7 Å². The average Bonchev–Trinajstić information content (AvgIpc) is 1.83.